The first-order valence-corrected chi connectivity index (χ1v) is 8.00. The molecule has 1 saturated heterocycles. The van der Waals surface area contributed by atoms with Crippen LogP contribution in [-0.4, -0.2) is 57.2 Å². The molecular weight excluding hydrogens is 280 g/mol. The Balaban J connectivity index is 1.99. The van der Waals surface area contributed by atoms with E-state index in [2.05, 4.69) is 14.6 Å². The van der Waals surface area contributed by atoms with E-state index in [-0.39, 0.29) is 16.8 Å². The summed E-state index contributed by atoms with van der Waals surface area (Å²) < 4.78 is 32.3. The third-order valence-electron chi connectivity index (χ3n) is 3.05. The average molecular weight is 300 g/mol. The molecule has 0 aliphatic carbocycles. The number of aromatic nitrogens is 1. The number of hydrogen-bond donors (Lipinski definition) is 2. The van der Waals surface area contributed by atoms with Crippen LogP contribution in [0, 0.1) is 0 Å². The van der Waals surface area contributed by atoms with Crippen molar-refractivity contribution in [2.45, 2.75) is 18.0 Å². The van der Waals surface area contributed by atoms with Crippen LogP contribution in [0.25, 0.3) is 0 Å². The molecular formula is C12H20N4O3S. The number of nitrogens with two attached hydrogens (primary N) is 1. The number of morpholine rings is 1. The van der Waals surface area contributed by atoms with Gasteiger partial charge in [0.2, 0.25) is 0 Å². The summed E-state index contributed by atoms with van der Waals surface area (Å²) in [7, 11) is -3.68. The van der Waals surface area contributed by atoms with Gasteiger partial charge in [-0.3, -0.25) is 4.90 Å². The summed E-state index contributed by atoms with van der Waals surface area (Å²) in [5, 5.41) is -0.117. The zero-order chi connectivity index (χ0) is 14.6. The molecule has 0 spiro atoms. The fourth-order valence-corrected chi connectivity index (χ4v) is 3.45. The first-order valence-electron chi connectivity index (χ1n) is 6.52. The van der Waals surface area contributed by atoms with Crippen LogP contribution in [0.15, 0.2) is 23.4 Å². The van der Waals surface area contributed by atoms with E-state index in [1.54, 1.807) is 6.07 Å². The summed E-state index contributed by atoms with van der Waals surface area (Å²) in [5.74, 6) is 0. The fourth-order valence-electron chi connectivity index (χ4n) is 2.16. The van der Waals surface area contributed by atoms with Crippen molar-refractivity contribution in [2.75, 3.05) is 38.6 Å². The normalized spacial score (nSPS) is 18.9. The van der Waals surface area contributed by atoms with Gasteiger partial charge in [0, 0.05) is 31.9 Å². The number of ether oxygens (including phenoxy) is 1. The zero-order valence-electron chi connectivity index (χ0n) is 11.4. The summed E-state index contributed by atoms with van der Waals surface area (Å²) in [6.07, 6.45) is 1.41. The lowest BCUT2D eigenvalue weighted by molar-refractivity contribution is 0.0354. The molecule has 1 aliphatic rings. The molecule has 0 saturated carbocycles. The number of anilines is 1. The lowest BCUT2D eigenvalue weighted by Gasteiger charge is -2.29. The highest BCUT2D eigenvalue weighted by molar-refractivity contribution is 7.89. The molecule has 0 radical (unpaired) electrons. The van der Waals surface area contributed by atoms with Gasteiger partial charge in [0.25, 0.3) is 10.0 Å². The van der Waals surface area contributed by atoms with Gasteiger partial charge in [-0.2, -0.15) is 0 Å². The van der Waals surface area contributed by atoms with E-state index in [4.69, 9.17) is 10.5 Å². The smallest absolute Gasteiger partial charge is 0.260 e. The molecule has 0 bridgehead atoms. The number of pyridine rings is 1. The molecule has 1 unspecified atom stereocenters. The Hall–Kier alpha value is -1.22. The number of nitrogens with zero attached hydrogens (tertiary/aromatic N) is 2. The first-order chi connectivity index (χ1) is 9.49. The van der Waals surface area contributed by atoms with Crippen molar-refractivity contribution in [1.29, 1.82) is 0 Å². The van der Waals surface area contributed by atoms with Crippen LogP contribution in [0.5, 0.6) is 0 Å². The minimum atomic E-state index is -3.68. The van der Waals surface area contributed by atoms with Crippen molar-refractivity contribution in [3.63, 3.8) is 0 Å². The number of rotatable bonds is 5. The summed E-state index contributed by atoms with van der Waals surface area (Å²) in [6.45, 7) is 5.47. The number of sulfonamides is 1. The van der Waals surface area contributed by atoms with E-state index in [9.17, 15) is 8.42 Å². The molecule has 1 aromatic rings. The van der Waals surface area contributed by atoms with E-state index in [1.807, 2.05) is 6.92 Å². The molecule has 8 heteroatoms. The topological polar surface area (TPSA) is 97.5 Å². The highest BCUT2D eigenvalue weighted by Gasteiger charge is 2.23. The lowest BCUT2D eigenvalue weighted by Crippen LogP contribution is -2.46. The summed E-state index contributed by atoms with van der Waals surface area (Å²) >= 11 is 0. The zero-order valence-corrected chi connectivity index (χ0v) is 12.3. The Labute approximate surface area is 119 Å². The SMILES string of the molecule is CC(CN1CCOCC1)NS(=O)(=O)c1ncccc1N. The van der Waals surface area contributed by atoms with Crippen molar-refractivity contribution in [3.8, 4) is 0 Å². The second kappa shape index (κ2) is 6.49. The Morgan fingerprint density at radius 3 is 2.85 bits per heavy atom. The molecule has 0 amide bonds. The van der Waals surface area contributed by atoms with E-state index in [0.29, 0.717) is 19.8 Å². The van der Waals surface area contributed by atoms with Gasteiger partial charge in [0.1, 0.15) is 0 Å². The van der Waals surface area contributed by atoms with Gasteiger partial charge in [-0.1, -0.05) is 0 Å². The van der Waals surface area contributed by atoms with Gasteiger partial charge in [-0.15, -0.1) is 0 Å². The van der Waals surface area contributed by atoms with Gasteiger partial charge >= 0.3 is 0 Å². The largest absolute Gasteiger partial charge is 0.396 e. The molecule has 1 aliphatic heterocycles. The molecule has 2 rings (SSSR count). The molecule has 1 atom stereocenters. The standard InChI is InChI=1S/C12H20N4O3S/c1-10(9-16-5-7-19-8-6-16)15-20(17,18)12-11(13)3-2-4-14-12/h2-4,10,15H,5-9,13H2,1H3. The van der Waals surface area contributed by atoms with Crippen molar-refractivity contribution in [3.05, 3.63) is 18.3 Å². The number of nitrogens with one attached hydrogen (secondary N) is 1. The number of hydrogen-bond acceptors (Lipinski definition) is 6. The molecule has 2 heterocycles. The number of nitrogen functional groups attached to an aromatic ring is 1. The quantitative estimate of drug-likeness (QED) is 0.772. The molecule has 3 N–H and O–H groups in total. The maximum atomic E-state index is 12.2. The summed E-state index contributed by atoms with van der Waals surface area (Å²) in [4.78, 5) is 6.01. The van der Waals surface area contributed by atoms with Crippen molar-refractivity contribution < 1.29 is 13.2 Å². The lowest BCUT2D eigenvalue weighted by atomic mass is 10.3. The Morgan fingerprint density at radius 1 is 1.50 bits per heavy atom. The second-order valence-electron chi connectivity index (χ2n) is 4.83. The van der Waals surface area contributed by atoms with E-state index in [0.717, 1.165) is 13.1 Å². The maximum absolute atomic E-state index is 12.2. The minimum Gasteiger partial charge on any atom is -0.396 e. The highest BCUT2D eigenvalue weighted by atomic mass is 32.2. The highest BCUT2D eigenvalue weighted by Crippen LogP contribution is 2.14. The Kier molecular flexibility index (Phi) is 4.92. The third-order valence-corrected chi connectivity index (χ3v) is 4.61. The van der Waals surface area contributed by atoms with Crippen LogP contribution in [0.1, 0.15) is 6.92 Å². The predicted octanol–water partition coefficient (Wildman–Crippen LogP) is -0.337. The van der Waals surface area contributed by atoms with Gasteiger partial charge in [0.05, 0.1) is 18.9 Å². The van der Waals surface area contributed by atoms with Crippen LogP contribution < -0.4 is 10.5 Å². The Morgan fingerprint density at radius 2 is 2.20 bits per heavy atom. The fraction of sp³-hybridized carbons (Fsp3) is 0.583. The van der Waals surface area contributed by atoms with E-state index in [1.165, 1.54) is 12.3 Å². The van der Waals surface area contributed by atoms with Gasteiger partial charge in [0.15, 0.2) is 5.03 Å². The minimum absolute atomic E-state index is 0.117. The van der Waals surface area contributed by atoms with Gasteiger partial charge < -0.3 is 10.5 Å². The molecule has 20 heavy (non-hydrogen) atoms. The van der Waals surface area contributed by atoms with Crippen molar-refractivity contribution in [2.24, 2.45) is 0 Å². The van der Waals surface area contributed by atoms with E-state index >= 15 is 0 Å². The summed E-state index contributed by atoms with van der Waals surface area (Å²) in [5.41, 5.74) is 5.81. The molecule has 1 aromatic heterocycles. The van der Waals surface area contributed by atoms with Crippen LogP contribution in [-0.2, 0) is 14.8 Å². The molecule has 0 aromatic carbocycles. The first kappa shape index (κ1) is 15.2. The average Bonchev–Trinajstić information content (AvgIpc) is 2.39. The third kappa shape index (κ3) is 3.89. The second-order valence-corrected chi connectivity index (χ2v) is 6.46. The van der Waals surface area contributed by atoms with Crippen LogP contribution in [0.4, 0.5) is 5.69 Å². The molecule has 1 fully saturated rings. The molecule has 112 valence electrons. The van der Waals surface area contributed by atoms with Crippen LogP contribution >= 0.6 is 0 Å². The van der Waals surface area contributed by atoms with Crippen LogP contribution in [0.3, 0.4) is 0 Å². The van der Waals surface area contributed by atoms with E-state index < -0.39 is 10.0 Å². The Bertz CT molecular complexity index is 543. The van der Waals surface area contributed by atoms with Gasteiger partial charge in [-0.05, 0) is 19.1 Å². The van der Waals surface area contributed by atoms with Crippen molar-refractivity contribution >= 4 is 15.7 Å². The maximum Gasteiger partial charge on any atom is 0.260 e. The monoisotopic (exact) mass is 300 g/mol. The van der Waals surface area contributed by atoms with Gasteiger partial charge in [-0.25, -0.2) is 18.1 Å². The summed E-state index contributed by atoms with van der Waals surface area (Å²) in [6, 6.07) is 2.90. The van der Waals surface area contributed by atoms with Crippen molar-refractivity contribution in [1.82, 2.24) is 14.6 Å². The van der Waals surface area contributed by atoms with Crippen LogP contribution in [0.2, 0.25) is 0 Å². The molecule has 7 nitrogen and oxygen atoms in total. The predicted molar refractivity (Wildman–Crippen MR) is 75.7 cm³/mol.